The van der Waals surface area contributed by atoms with Crippen molar-refractivity contribution in [2.75, 3.05) is 0 Å². The third-order valence-electron chi connectivity index (χ3n) is 0.931. The molecule has 0 saturated heterocycles. The molecule has 1 heterocycles. The lowest BCUT2D eigenvalue weighted by Gasteiger charge is -1.88. The maximum atomic E-state index is 4.62. The first-order valence-corrected chi connectivity index (χ1v) is 2.42. The average molecular weight is 110 g/mol. The van der Waals surface area contributed by atoms with Crippen LogP contribution in [0, 0.1) is 7.11 Å². The minimum absolute atomic E-state index is 0.587. The second-order valence-electron chi connectivity index (χ2n) is 1.57. The van der Waals surface area contributed by atoms with Crippen LogP contribution in [0.1, 0.15) is 5.56 Å². The maximum Gasteiger partial charge on any atom is 0.0732 e. The standard InChI is InChI=1S/C6H8NO/c1-8-5-6-2-3-7-4-6/h2-4,7H,1,5H2. The summed E-state index contributed by atoms with van der Waals surface area (Å²) in [5.74, 6) is 0. The van der Waals surface area contributed by atoms with Crippen molar-refractivity contribution in [1.82, 2.24) is 4.98 Å². The van der Waals surface area contributed by atoms with Gasteiger partial charge >= 0.3 is 0 Å². The molecule has 8 heavy (non-hydrogen) atoms. The number of rotatable bonds is 2. The second-order valence-corrected chi connectivity index (χ2v) is 1.57. The third kappa shape index (κ3) is 1.10. The Labute approximate surface area is 48.5 Å². The van der Waals surface area contributed by atoms with Crippen LogP contribution in [0.4, 0.5) is 0 Å². The van der Waals surface area contributed by atoms with Gasteiger partial charge in [-0.15, -0.1) is 0 Å². The summed E-state index contributed by atoms with van der Waals surface area (Å²) in [6, 6.07) is 1.95. The highest BCUT2D eigenvalue weighted by molar-refractivity contribution is 5.06. The number of nitrogens with one attached hydrogen (secondary N) is 1. The van der Waals surface area contributed by atoms with Gasteiger partial charge in [-0.05, 0) is 11.6 Å². The molecule has 0 bridgehead atoms. The van der Waals surface area contributed by atoms with E-state index in [1.54, 1.807) is 0 Å². The lowest BCUT2D eigenvalue weighted by molar-refractivity contribution is 0.229. The quantitative estimate of drug-likeness (QED) is 0.610. The molecule has 1 aromatic rings. The summed E-state index contributed by atoms with van der Waals surface area (Å²) < 4.78 is 4.62. The Balaban J connectivity index is 2.50. The Morgan fingerprint density at radius 3 is 3.12 bits per heavy atom. The van der Waals surface area contributed by atoms with E-state index in [2.05, 4.69) is 16.8 Å². The zero-order valence-electron chi connectivity index (χ0n) is 4.55. The topological polar surface area (TPSA) is 25.0 Å². The van der Waals surface area contributed by atoms with Crippen molar-refractivity contribution in [3.8, 4) is 0 Å². The normalized spacial score (nSPS) is 9.62. The molecule has 0 spiro atoms. The summed E-state index contributed by atoms with van der Waals surface area (Å²) >= 11 is 0. The number of H-pyrrole nitrogens is 1. The van der Waals surface area contributed by atoms with Crippen molar-refractivity contribution in [1.29, 1.82) is 0 Å². The van der Waals surface area contributed by atoms with E-state index in [9.17, 15) is 0 Å². The molecule has 1 N–H and O–H groups in total. The largest absolute Gasteiger partial charge is 0.374 e. The summed E-state index contributed by atoms with van der Waals surface area (Å²) in [4.78, 5) is 2.91. The smallest absolute Gasteiger partial charge is 0.0732 e. The lowest BCUT2D eigenvalue weighted by Crippen LogP contribution is -1.79. The van der Waals surface area contributed by atoms with E-state index in [1.807, 2.05) is 18.5 Å². The highest BCUT2D eigenvalue weighted by Crippen LogP contribution is 1.96. The molecular formula is C6H8NO. The number of hydrogen-bond donors (Lipinski definition) is 1. The van der Waals surface area contributed by atoms with E-state index in [0.29, 0.717) is 6.61 Å². The fourth-order valence-corrected chi connectivity index (χ4v) is 0.566. The third-order valence-corrected chi connectivity index (χ3v) is 0.931. The molecule has 0 fully saturated rings. The monoisotopic (exact) mass is 110 g/mol. The predicted octanol–water partition coefficient (Wildman–Crippen LogP) is 1.32. The molecule has 1 radical (unpaired) electrons. The Morgan fingerprint density at radius 1 is 1.75 bits per heavy atom. The molecule has 0 saturated carbocycles. The Bertz CT molecular complexity index is 134. The molecule has 0 atom stereocenters. The Hall–Kier alpha value is -0.760. The Morgan fingerprint density at radius 2 is 2.62 bits per heavy atom. The molecule has 0 amide bonds. The number of aromatic amines is 1. The van der Waals surface area contributed by atoms with Crippen LogP contribution < -0.4 is 0 Å². The predicted molar refractivity (Wildman–Crippen MR) is 30.9 cm³/mol. The first-order valence-electron chi connectivity index (χ1n) is 2.42. The van der Waals surface area contributed by atoms with Gasteiger partial charge in [0.15, 0.2) is 0 Å². The highest BCUT2D eigenvalue weighted by Gasteiger charge is 1.86. The van der Waals surface area contributed by atoms with Crippen LogP contribution in [0.15, 0.2) is 18.5 Å². The van der Waals surface area contributed by atoms with E-state index in [-0.39, 0.29) is 0 Å². The van der Waals surface area contributed by atoms with Crippen LogP contribution in [0.2, 0.25) is 0 Å². The fourth-order valence-electron chi connectivity index (χ4n) is 0.566. The van der Waals surface area contributed by atoms with E-state index in [1.165, 1.54) is 0 Å². The molecule has 43 valence electrons. The van der Waals surface area contributed by atoms with Crippen molar-refractivity contribution in [2.24, 2.45) is 0 Å². The number of aromatic nitrogens is 1. The van der Waals surface area contributed by atoms with Gasteiger partial charge in [0.2, 0.25) is 0 Å². The molecular weight excluding hydrogens is 102 g/mol. The van der Waals surface area contributed by atoms with Crippen LogP contribution in [0.3, 0.4) is 0 Å². The molecule has 0 unspecified atom stereocenters. The maximum absolute atomic E-state index is 4.62. The minimum Gasteiger partial charge on any atom is -0.374 e. The van der Waals surface area contributed by atoms with Gasteiger partial charge in [0.05, 0.1) is 13.7 Å². The molecule has 0 aliphatic heterocycles. The first kappa shape index (κ1) is 5.38. The van der Waals surface area contributed by atoms with Gasteiger partial charge in [-0.1, -0.05) is 0 Å². The van der Waals surface area contributed by atoms with E-state index < -0.39 is 0 Å². The van der Waals surface area contributed by atoms with E-state index in [0.717, 1.165) is 5.56 Å². The van der Waals surface area contributed by atoms with Crippen LogP contribution in [-0.2, 0) is 11.3 Å². The molecule has 0 aliphatic carbocycles. The lowest BCUT2D eigenvalue weighted by atomic mass is 10.4. The van der Waals surface area contributed by atoms with Gasteiger partial charge in [0, 0.05) is 12.4 Å². The number of hydrogen-bond acceptors (Lipinski definition) is 1. The van der Waals surface area contributed by atoms with Crippen LogP contribution in [0.5, 0.6) is 0 Å². The van der Waals surface area contributed by atoms with Gasteiger partial charge < -0.3 is 9.72 Å². The van der Waals surface area contributed by atoms with Crippen molar-refractivity contribution in [2.45, 2.75) is 6.61 Å². The van der Waals surface area contributed by atoms with Gasteiger partial charge in [-0.3, -0.25) is 0 Å². The van der Waals surface area contributed by atoms with Crippen molar-refractivity contribution >= 4 is 0 Å². The molecule has 2 heteroatoms. The van der Waals surface area contributed by atoms with Crippen LogP contribution in [0.25, 0.3) is 0 Å². The van der Waals surface area contributed by atoms with Gasteiger partial charge in [0.1, 0.15) is 0 Å². The molecule has 1 rings (SSSR count). The highest BCUT2D eigenvalue weighted by atomic mass is 16.5. The summed E-state index contributed by atoms with van der Waals surface area (Å²) in [6.07, 6.45) is 3.74. The molecule has 2 nitrogen and oxygen atoms in total. The van der Waals surface area contributed by atoms with Gasteiger partial charge in [-0.25, -0.2) is 0 Å². The zero-order chi connectivity index (χ0) is 5.82. The fraction of sp³-hybridized carbons (Fsp3) is 0.167. The molecule has 0 aromatic carbocycles. The average Bonchev–Trinajstić information content (AvgIpc) is 2.19. The summed E-state index contributed by atoms with van der Waals surface area (Å²) in [7, 11) is 3.25. The van der Waals surface area contributed by atoms with E-state index >= 15 is 0 Å². The van der Waals surface area contributed by atoms with Gasteiger partial charge in [0.25, 0.3) is 0 Å². The number of ether oxygens (including phenoxy) is 1. The first-order chi connectivity index (χ1) is 3.93. The SMILES string of the molecule is [CH2]OCc1cc[nH]c1. The van der Waals surface area contributed by atoms with Crippen LogP contribution in [-0.4, -0.2) is 4.98 Å². The van der Waals surface area contributed by atoms with Crippen molar-refractivity contribution in [3.05, 3.63) is 31.1 Å². The van der Waals surface area contributed by atoms with Crippen LogP contribution >= 0.6 is 0 Å². The summed E-state index contributed by atoms with van der Waals surface area (Å²) in [5.41, 5.74) is 1.13. The van der Waals surface area contributed by atoms with Crippen molar-refractivity contribution < 1.29 is 4.74 Å². The van der Waals surface area contributed by atoms with Gasteiger partial charge in [-0.2, -0.15) is 0 Å². The summed E-state index contributed by atoms with van der Waals surface area (Å²) in [5, 5.41) is 0. The van der Waals surface area contributed by atoms with Crippen molar-refractivity contribution in [3.63, 3.8) is 0 Å². The summed E-state index contributed by atoms with van der Waals surface area (Å²) in [6.45, 7) is 0.587. The minimum atomic E-state index is 0.587. The zero-order valence-corrected chi connectivity index (χ0v) is 4.55. The molecule has 0 aliphatic rings. The van der Waals surface area contributed by atoms with E-state index in [4.69, 9.17) is 0 Å². The molecule has 1 aromatic heterocycles. The Kier molecular flexibility index (Phi) is 1.70. The second kappa shape index (κ2) is 2.52.